The highest BCUT2D eigenvalue weighted by Crippen LogP contribution is 2.25. The van der Waals surface area contributed by atoms with E-state index in [2.05, 4.69) is 15.6 Å². The lowest BCUT2D eigenvalue weighted by Crippen LogP contribution is -2.31. The van der Waals surface area contributed by atoms with Crippen LogP contribution in [0.5, 0.6) is 0 Å². The molecule has 0 saturated carbocycles. The lowest BCUT2D eigenvalue weighted by molar-refractivity contribution is -0.137. The van der Waals surface area contributed by atoms with Gasteiger partial charge in [-0.2, -0.15) is 0 Å². The minimum Gasteiger partial charge on any atom is -0.481 e. The van der Waals surface area contributed by atoms with Crippen molar-refractivity contribution in [3.05, 3.63) is 11.6 Å². The summed E-state index contributed by atoms with van der Waals surface area (Å²) in [5.41, 5.74) is -0.0445. The van der Waals surface area contributed by atoms with E-state index in [9.17, 15) is 9.59 Å². The van der Waals surface area contributed by atoms with Gasteiger partial charge in [0.15, 0.2) is 5.13 Å². The van der Waals surface area contributed by atoms with Crippen LogP contribution in [0.2, 0.25) is 0 Å². The van der Waals surface area contributed by atoms with Gasteiger partial charge in [0.1, 0.15) is 0 Å². The summed E-state index contributed by atoms with van der Waals surface area (Å²) in [6.07, 6.45) is 3.27. The van der Waals surface area contributed by atoms with Crippen LogP contribution in [0, 0.1) is 5.41 Å². The van der Waals surface area contributed by atoms with E-state index >= 15 is 0 Å². The zero-order valence-electron chi connectivity index (χ0n) is 11.8. The first kappa shape index (κ1) is 16.6. The number of nitrogens with one attached hydrogen (secondary N) is 2. The average Bonchev–Trinajstić information content (AvgIpc) is 2.85. The molecule has 0 atom stereocenters. The fourth-order valence-electron chi connectivity index (χ4n) is 1.65. The smallest absolute Gasteiger partial charge is 0.303 e. The minimum absolute atomic E-state index is 0.0445. The molecule has 0 bridgehead atoms. The third-order valence-electron chi connectivity index (χ3n) is 2.96. The fraction of sp³-hybridized carbons (Fsp3) is 0.615. The number of anilines is 1. The standard InChI is InChI=1S/C13H21N3O3S/c1-13(2,4-3-11(18)19)5-6-14-9-10(17)16-12-15-7-8-20-12/h7-8,14H,3-6,9H2,1-2H3,(H,18,19)(H,15,16,17). The summed E-state index contributed by atoms with van der Waals surface area (Å²) in [6, 6.07) is 0. The third-order valence-corrected chi connectivity index (χ3v) is 3.65. The van der Waals surface area contributed by atoms with Crippen molar-refractivity contribution in [2.45, 2.75) is 33.1 Å². The molecule has 0 aliphatic rings. The molecule has 0 aliphatic carbocycles. The Balaban J connectivity index is 2.14. The molecule has 0 fully saturated rings. The molecule has 6 nitrogen and oxygen atoms in total. The van der Waals surface area contributed by atoms with Crippen LogP contribution in [0.4, 0.5) is 5.13 Å². The number of carbonyl (C=O) groups is 2. The van der Waals surface area contributed by atoms with Crippen molar-refractivity contribution in [2.24, 2.45) is 5.41 Å². The molecule has 0 spiro atoms. The highest BCUT2D eigenvalue weighted by molar-refractivity contribution is 7.13. The first-order valence-corrected chi connectivity index (χ1v) is 7.39. The molecule has 20 heavy (non-hydrogen) atoms. The second kappa shape index (κ2) is 7.96. The van der Waals surface area contributed by atoms with Crippen LogP contribution in [0.3, 0.4) is 0 Å². The topological polar surface area (TPSA) is 91.3 Å². The van der Waals surface area contributed by atoms with Crippen molar-refractivity contribution in [1.82, 2.24) is 10.3 Å². The Morgan fingerprint density at radius 1 is 1.40 bits per heavy atom. The van der Waals surface area contributed by atoms with Gasteiger partial charge in [-0.05, 0) is 24.8 Å². The van der Waals surface area contributed by atoms with Crippen LogP contribution in [0.1, 0.15) is 33.1 Å². The normalized spacial score (nSPS) is 11.3. The van der Waals surface area contributed by atoms with Crippen molar-refractivity contribution in [3.63, 3.8) is 0 Å². The van der Waals surface area contributed by atoms with Crippen LogP contribution >= 0.6 is 11.3 Å². The quantitative estimate of drug-likeness (QED) is 0.606. The van der Waals surface area contributed by atoms with Crippen LogP contribution in [0.15, 0.2) is 11.6 Å². The molecule has 0 unspecified atom stereocenters. The van der Waals surface area contributed by atoms with E-state index in [-0.39, 0.29) is 24.3 Å². The minimum atomic E-state index is -0.770. The molecule has 3 N–H and O–H groups in total. The molecule has 0 aromatic carbocycles. The maximum absolute atomic E-state index is 11.6. The summed E-state index contributed by atoms with van der Waals surface area (Å²) >= 11 is 1.38. The van der Waals surface area contributed by atoms with Crippen molar-refractivity contribution in [2.75, 3.05) is 18.4 Å². The van der Waals surface area contributed by atoms with Gasteiger partial charge in [0.25, 0.3) is 0 Å². The number of carbonyl (C=O) groups excluding carboxylic acids is 1. The average molecular weight is 299 g/mol. The van der Waals surface area contributed by atoms with Crippen molar-refractivity contribution >= 4 is 28.3 Å². The largest absolute Gasteiger partial charge is 0.481 e. The van der Waals surface area contributed by atoms with E-state index in [1.165, 1.54) is 11.3 Å². The molecule has 112 valence electrons. The number of nitrogens with zero attached hydrogens (tertiary/aromatic N) is 1. The first-order chi connectivity index (χ1) is 9.39. The molecule has 0 saturated heterocycles. The summed E-state index contributed by atoms with van der Waals surface area (Å²) in [7, 11) is 0. The number of amides is 1. The summed E-state index contributed by atoms with van der Waals surface area (Å²) in [4.78, 5) is 26.1. The molecule has 1 aromatic heterocycles. The Labute approximate surface area is 122 Å². The molecule has 0 aliphatic heterocycles. The van der Waals surface area contributed by atoms with E-state index in [1.807, 2.05) is 13.8 Å². The molecule has 1 aromatic rings. The number of aliphatic carboxylic acids is 1. The van der Waals surface area contributed by atoms with E-state index in [0.29, 0.717) is 18.1 Å². The van der Waals surface area contributed by atoms with E-state index in [4.69, 9.17) is 5.11 Å². The van der Waals surface area contributed by atoms with E-state index in [1.54, 1.807) is 11.6 Å². The summed E-state index contributed by atoms with van der Waals surface area (Å²) in [5.74, 6) is -0.892. The van der Waals surface area contributed by atoms with Gasteiger partial charge in [0.05, 0.1) is 6.54 Å². The molecule has 1 heterocycles. The van der Waals surface area contributed by atoms with Gasteiger partial charge in [0, 0.05) is 18.0 Å². The van der Waals surface area contributed by atoms with Gasteiger partial charge < -0.3 is 15.7 Å². The van der Waals surface area contributed by atoms with Gasteiger partial charge >= 0.3 is 5.97 Å². The SMILES string of the molecule is CC(C)(CCNCC(=O)Nc1nccs1)CCC(=O)O. The Morgan fingerprint density at radius 2 is 2.15 bits per heavy atom. The van der Waals surface area contributed by atoms with Crippen LogP contribution in [-0.2, 0) is 9.59 Å². The third kappa shape index (κ3) is 7.20. The Kier molecular flexibility index (Phi) is 6.60. The first-order valence-electron chi connectivity index (χ1n) is 6.51. The lowest BCUT2D eigenvalue weighted by Gasteiger charge is -2.23. The summed E-state index contributed by atoms with van der Waals surface area (Å²) < 4.78 is 0. The summed E-state index contributed by atoms with van der Waals surface area (Å²) in [5, 5.41) is 16.8. The summed E-state index contributed by atoms with van der Waals surface area (Å²) in [6.45, 7) is 4.98. The second-order valence-corrected chi connectivity index (χ2v) is 6.26. The van der Waals surface area contributed by atoms with Gasteiger partial charge in [-0.15, -0.1) is 11.3 Å². The highest BCUT2D eigenvalue weighted by Gasteiger charge is 2.18. The van der Waals surface area contributed by atoms with Gasteiger partial charge in [-0.3, -0.25) is 9.59 Å². The molecule has 1 rings (SSSR count). The predicted octanol–water partition coefficient (Wildman–Crippen LogP) is 1.95. The monoisotopic (exact) mass is 299 g/mol. The van der Waals surface area contributed by atoms with Crippen LogP contribution in [-0.4, -0.2) is 35.1 Å². The Bertz CT molecular complexity index is 432. The van der Waals surface area contributed by atoms with Crippen LogP contribution < -0.4 is 10.6 Å². The second-order valence-electron chi connectivity index (χ2n) is 5.37. The van der Waals surface area contributed by atoms with E-state index < -0.39 is 5.97 Å². The van der Waals surface area contributed by atoms with Crippen molar-refractivity contribution in [1.29, 1.82) is 0 Å². The number of aromatic nitrogens is 1. The number of carboxylic acid groups (broad SMARTS) is 1. The number of carboxylic acids is 1. The number of hydrogen-bond acceptors (Lipinski definition) is 5. The lowest BCUT2D eigenvalue weighted by atomic mass is 9.84. The highest BCUT2D eigenvalue weighted by atomic mass is 32.1. The Hall–Kier alpha value is -1.47. The van der Waals surface area contributed by atoms with Gasteiger partial charge in [-0.25, -0.2) is 4.98 Å². The van der Waals surface area contributed by atoms with E-state index in [0.717, 1.165) is 6.42 Å². The van der Waals surface area contributed by atoms with Crippen LogP contribution in [0.25, 0.3) is 0 Å². The zero-order chi connectivity index (χ0) is 15.0. The predicted molar refractivity (Wildman–Crippen MR) is 78.9 cm³/mol. The molecule has 1 amide bonds. The van der Waals surface area contributed by atoms with Crippen molar-refractivity contribution < 1.29 is 14.7 Å². The van der Waals surface area contributed by atoms with Gasteiger partial charge in [0.2, 0.25) is 5.91 Å². The Morgan fingerprint density at radius 3 is 2.75 bits per heavy atom. The number of rotatable bonds is 9. The molecular formula is C13H21N3O3S. The molecular weight excluding hydrogens is 278 g/mol. The van der Waals surface area contributed by atoms with Crippen molar-refractivity contribution in [3.8, 4) is 0 Å². The molecule has 0 radical (unpaired) electrons. The maximum atomic E-state index is 11.6. The molecule has 7 heteroatoms. The van der Waals surface area contributed by atoms with Gasteiger partial charge in [-0.1, -0.05) is 13.8 Å². The maximum Gasteiger partial charge on any atom is 0.303 e. The number of hydrogen-bond donors (Lipinski definition) is 3. The fourth-order valence-corrected chi connectivity index (χ4v) is 2.19. The number of thiazole rings is 1. The zero-order valence-corrected chi connectivity index (χ0v) is 12.6.